The van der Waals surface area contributed by atoms with E-state index in [9.17, 15) is 15.0 Å². The second kappa shape index (κ2) is 6.34. The number of carboxylic acid groups (broad SMARTS) is 1. The van der Waals surface area contributed by atoms with Crippen LogP contribution in [0.1, 0.15) is 22.9 Å². The Morgan fingerprint density at radius 1 is 1.38 bits per heavy atom. The number of H-pyrrole nitrogens is 1. The Labute approximate surface area is 157 Å². The number of para-hydroxylation sites is 1. The molecular formula is C19H17BrN2O4. The minimum Gasteiger partial charge on any atom is -0.544 e. The maximum atomic E-state index is 11.6. The van der Waals surface area contributed by atoms with Gasteiger partial charge in [-0.25, -0.2) is 0 Å². The largest absolute Gasteiger partial charge is 0.544 e. The molecule has 2 aromatic carbocycles. The van der Waals surface area contributed by atoms with E-state index in [0.717, 1.165) is 27.7 Å². The first-order chi connectivity index (χ1) is 12.5. The fourth-order valence-electron chi connectivity index (χ4n) is 3.69. The number of hydrogen-bond donors (Lipinski definition) is 3. The zero-order valence-electron chi connectivity index (χ0n) is 14.0. The van der Waals surface area contributed by atoms with Gasteiger partial charge < -0.3 is 30.0 Å². The van der Waals surface area contributed by atoms with E-state index in [1.807, 2.05) is 24.3 Å². The van der Waals surface area contributed by atoms with Crippen molar-refractivity contribution in [3.05, 3.63) is 57.7 Å². The van der Waals surface area contributed by atoms with Crippen molar-refractivity contribution in [1.82, 2.24) is 4.98 Å². The predicted molar refractivity (Wildman–Crippen MR) is 96.9 cm³/mol. The van der Waals surface area contributed by atoms with Gasteiger partial charge in [0.25, 0.3) is 0 Å². The maximum absolute atomic E-state index is 11.6. The normalized spacial score (nSPS) is 19.3. The first-order valence-electron chi connectivity index (χ1n) is 8.21. The van der Waals surface area contributed by atoms with Crippen LogP contribution in [-0.4, -0.2) is 29.2 Å². The van der Waals surface area contributed by atoms with Crippen LogP contribution < -0.4 is 15.2 Å². The summed E-state index contributed by atoms with van der Waals surface area (Å²) in [6, 6.07) is 10.4. The number of hydrogen-bond acceptors (Lipinski definition) is 4. The van der Waals surface area contributed by atoms with E-state index < -0.39 is 12.0 Å². The van der Waals surface area contributed by atoms with Crippen molar-refractivity contribution in [2.75, 3.05) is 7.11 Å². The summed E-state index contributed by atoms with van der Waals surface area (Å²) >= 11 is 3.34. The molecular weight excluding hydrogens is 400 g/mol. The Bertz CT molecular complexity index is 1010. The van der Waals surface area contributed by atoms with Gasteiger partial charge >= 0.3 is 0 Å². The molecule has 2 heterocycles. The van der Waals surface area contributed by atoms with E-state index in [2.05, 4.69) is 20.9 Å². The average molecular weight is 417 g/mol. The van der Waals surface area contributed by atoms with Crippen molar-refractivity contribution >= 4 is 32.8 Å². The zero-order valence-corrected chi connectivity index (χ0v) is 15.5. The van der Waals surface area contributed by atoms with Gasteiger partial charge in [0.2, 0.25) is 0 Å². The van der Waals surface area contributed by atoms with Crippen LogP contribution in [0.25, 0.3) is 10.9 Å². The van der Waals surface area contributed by atoms with Gasteiger partial charge in [-0.2, -0.15) is 0 Å². The van der Waals surface area contributed by atoms with Crippen LogP contribution in [0.4, 0.5) is 0 Å². The second-order valence-electron chi connectivity index (χ2n) is 6.42. The molecule has 6 nitrogen and oxygen atoms in total. The lowest BCUT2D eigenvalue weighted by Gasteiger charge is -2.29. The average Bonchev–Trinajstić information content (AvgIpc) is 3.01. The second-order valence-corrected chi connectivity index (χ2v) is 7.27. The quantitative estimate of drug-likeness (QED) is 0.591. The van der Waals surface area contributed by atoms with Crippen molar-refractivity contribution in [2.45, 2.75) is 18.5 Å². The molecule has 3 aromatic rings. The number of aromatic amines is 1. The smallest absolute Gasteiger partial charge is 0.172 e. The molecule has 134 valence electrons. The molecule has 7 heteroatoms. The van der Waals surface area contributed by atoms with Crippen molar-refractivity contribution in [1.29, 1.82) is 0 Å². The molecule has 1 aromatic heterocycles. The van der Waals surface area contributed by atoms with Gasteiger partial charge in [-0.05, 0) is 39.7 Å². The van der Waals surface area contributed by atoms with Crippen molar-refractivity contribution in [3.8, 4) is 11.5 Å². The number of phenols is 1. The maximum Gasteiger partial charge on any atom is 0.172 e. The monoisotopic (exact) mass is 416 g/mol. The Morgan fingerprint density at radius 2 is 2.15 bits per heavy atom. The number of benzene rings is 2. The first kappa shape index (κ1) is 16.9. The number of nitrogens with one attached hydrogen (secondary N) is 1. The van der Waals surface area contributed by atoms with Crippen LogP contribution in [0, 0.1) is 0 Å². The summed E-state index contributed by atoms with van der Waals surface area (Å²) in [6.07, 6.45) is 0.397. The lowest BCUT2D eigenvalue weighted by molar-refractivity contribution is -0.717. The molecule has 1 aliphatic heterocycles. The molecule has 4 N–H and O–H groups in total. The molecule has 0 unspecified atom stereocenters. The van der Waals surface area contributed by atoms with E-state index in [1.165, 1.54) is 7.11 Å². The van der Waals surface area contributed by atoms with Crippen LogP contribution >= 0.6 is 15.9 Å². The van der Waals surface area contributed by atoms with E-state index >= 15 is 0 Å². The molecule has 0 saturated carbocycles. The fourth-order valence-corrected chi connectivity index (χ4v) is 4.15. The van der Waals surface area contributed by atoms with E-state index in [0.29, 0.717) is 16.6 Å². The number of quaternary nitrogens is 1. The Morgan fingerprint density at radius 3 is 2.88 bits per heavy atom. The van der Waals surface area contributed by atoms with Crippen LogP contribution in [0.2, 0.25) is 0 Å². The van der Waals surface area contributed by atoms with E-state index in [4.69, 9.17) is 4.74 Å². The summed E-state index contributed by atoms with van der Waals surface area (Å²) in [5, 5.41) is 24.5. The highest BCUT2D eigenvalue weighted by Crippen LogP contribution is 2.39. The Hall–Kier alpha value is -2.51. The van der Waals surface area contributed by atoms with E-state index in [-0.39, 0.29) is 11.8 Å². The molecule has 0 radical (unpaired) electrons. The van der Waals surface area contributed by atoms with Gasteiger partial charge in [-0.3, -0.25) is 0 Å². The van der Waals surface area contributed by atoms with Crippen molar-refractivity contribution < 1.29 is 25.1 Å². The third-order valence-electron chi connectivity index (χ3n) is 4.94. The Kier molecular flexibility index (Phi) is 4.13. The molecule has 0 fully saturated rings. The van der Waals surface area contributed by atoms with Crippen LogP contribution in [0.5, 0.6) is 11.5 Å². The molecule has 4 rings (SSSR count). The van der Waals surface area contributed by atoms with Crippen molar-refractivity contribution in [3.63, 3.8) is 0 Å². The molecule has 1 aliphatic rings. The van der Waals surface area contributed by atoms with Gasteiger partial charge in [-0.15, -0.1) is 0 Å². The van der Waals surface area contributed by atoms with Gasteiger partial charge in [0.05, 0.1) is 23.2 Å². The summed E-state index contributed by atoms with van der Waals surface area (Å²) in [7, 11) is 1.48. The number of aromatic hydroxyl groups is 1. The highest BCUT2D eigenvalue weighted by atomic mass is 79.9. The van der Waals surface area contributed by atoms with Crippen LogP contribution in [0.3, 0.4) is 0 Å². The number of rotatable bonds is 3. The molecule has 2 atom stereocenters. The number of phenolic OH excluding ortho intramolecular Hbond substituents is 1. The number of fused-ring (bicyclic) bond motifs is 3. The number of carboxylic acids is 1. The topological polar surface area (TPSA) is 102 Å². The highest BCUT2D eigenvalue weighted by Gasteiger charge is 2.35. The van der Waals surface area contributed by atoms with E-state index in [1.54, 1.807) is 17.4 Å². The minimum absolute atomic E-state index is 0.0142. The SMILES string of the molecule is COc1cc([C@H]2[NH2+][C@H](C(=O)[O-])Cc3c2[nH]c2ccccc32)cc(Br)c1O. The number of aliphatic carboxylic acids is 1. The number of aromatic nitrogens is 1. The molecule has 26 heavy (non-hydrogen) atoms. The lowest BCUT2D eigenvalue weighted by atomic mass is 9.90. The fraction of sp³-hybridized carbons (Fsp3) is 0.211. The molecule has 0 aliphatic carbocycles. The zero-order chi connectivity index (χ0) is 18.4. The molecule has 0 spiro atoms. The van der Waals surface area contributed by atoms with Gasteiger partial charge in [0, 0.05) is 22.9 Å². The van der Waals surface area contributed by atoms with Crippen LogP contribution in [0.15, 0.2) is 40.9 Å². The third kappa shape index (κ3) is 2.64. The lowest BCUT2D eigenvalue weighted by Crippen LogP contribution is -2.95. The number of methoxy groups -OCH3 is 1. The third-order valence-corrected chi connectivity index (χ3v) is 5.54. The summed E-state index contributed by atoms with van der Waals surface area (Å²) in [6.45, 7) is 0. The van der Waals surface area contributed by atoms with Gasteiger partial charge in [-0.1, -0.05) is 18.2 Å². The first-order valence-corrected chi connectivity index (χ1v) is 9.00. The highest BCUT2D eigenvalue weighted by molar-refractivity contribution is 9.10. The van der Waals surface area contributed by atoms with Crippen molar-refractivity contribution in [2.24, 2.45) is 0 Å². The summed E-state index contributed by atoms with van der Waals surface area (Å²) in [5.74, 6) is -0.743. The summed E-state index contributed by atoms with van der Waals surface area (Å²) < 4.78 is 5.74. The van der Waals surface area contributed by atoms with Crippen LogP contribution in [-0.2, 0) is 11.2 Å². The molecule has 0 saturated heterocycles. The minimum atomic E-state index is -1.09. The van der Waals surface area contributed by atoms with Gasteiger partial charge in [0.1, 0.15) is 6.04 Å². The number of carbonyl (C=O) groups excluding carboxylic acids is 1. The standard InChI is InChI=1S/C19H17BrN2O4/c1-26-15-7-9(6-12(20)18(15)23)16-17-11(8-14(22-16)19(24)25)10-4-2-3-5-13(10)21-17/h2-7,14,16,21-23H,8H2,1H3,(H,24,25)/t14-,16+/m0/s1. The number of ether oxygens (including phenoxy) is 1. The number of carbonyl (C=O) groups is 1. The summed E-state index contributed by atoms with van der Waals surface area (Å²) in [5.41, 5.74) is 3.75. The Balaban J connectivity index is 1.91. The summed E-state index contributed by atoms with van der Waals surface area (Å²) in [4.78, 5) is 15.0. The molecule has 0 amide bonds. The van der Waals surface area contributed by atoms with Gasteiger partial charge in [0.15, 0.2) is 17.5 Å². The number of nitrogens with two attached hydrogens (primary N) is 1. The molecule has 0 bridgehead atoms. The predicted octanol–water partition coefficient (Wildman–Crippen LogP) is 0.972. The number of halogens is 1.